The van der Waals surface area contributed by atoms with Gasteiger partial charge in [-0.25, -0.2) is 4.68 Å². The second-order valence-corrected chi connectivity index (χ2v) is 7.42. The molecule has 3 N–H and O–H groups in total. The fourth-order valence-electron chi connectivity index (χ4n) is 3.75. The summed E-state index contributed by atoms with van der Waals surface area (Å²) in [6.07, 6.45) is 3.37. The number of phenolic OH excluding ortho intramolecular Hbond substituents is 1. The third-order valence-electron chi connectivity index (χ3n) is 5.28. The van der Waals surface area contributed by atoms with Crippen molar-refractivity contribution in [3.63, 3.8) is 0 Å². The Morgan fingerprint density at radius 2 is 1.75 bits per heavy atom. The van der Waals surface area contributed by atoms with E-state index in [1.165, 1.54) is 0 Å². The van der Waals surface area contributed by atoms with E-state index < -0.39 is 6.04 Å². The number of fused-ring (bicyclic) bond motifs is 1. The van der Waals surface area contributed by atoms with E-state index in [1.54, 1.807) is 41.3 Å². The Labute approximate surface area is 184 Å². The van der Waals surface area contributed by atoms with Crippen LogP contribution < -0.4 is 10.6 Å². The molecule has 0 saturated heterocycles. The smallest absolute Gasteiger partial charge is 0.255 e. The van der Waals surface area contributed by atoms with Crippen LogP contribution in [0.2, 0.25) is 0 Å². The number of carbonyl (C=O) groups is 1. The topological polar surface area (TPSA) is 105 Å². The van der Waals surface area contributed by atoms with Crippen LogP contribution in [0.3, 0.4) is 0 Å². The lowest BCUT2D eigenvalue weighted by Gasteiger charge is -2.28. The van der Waals surface area contributed by atoms with Crippen LogP contribution in [0.4, 0.5) is 11.6 Å². The molecule has 0 saturated carbocycles. The van der Waals surface area contributed by atoms with Crippen LogP contribution in [-0.4, -0.2) is 30.8 Å². The van der Waals surface area contributed by atoms with Crippen LogP contribution in [0.5, 0.6) is 5.75 Å². The SMILES string of the molecule is CC1=C(C(=O)Nc2ccccc2)C(c2ccc(O)cc2)n2nc(-c3ccncc3)nc2N1. The molecule has 1 amide bonds. The van der Waals surface area contributed by atoms with Crippen molar-refractivity contribution in [3.8, 4) is 17.1 Å². The number of aromatic hydroxyl groups is 1. The van der Waals surface area contributed by atoms with Crippen LogP contribution in [-0.2, 0) is 4.79 Å². The molecule has 4 aromatic rings. The molecule has 32 heavy (non-hydrogen) atoms. The maximum atomic E-state index is 13.4. The first kappa shape index (κ1) is 19.5. The quantitative estimate of drug-likeness (QED) is 0.458. The molecule has 5 rings (SSSR count). The van der Waals surface area contributed by atoms with Crippen LogP contribution in [0.1, 0.15) is 18.5 Å². The Bertz CT molecular complexity index is 1300. The molecular formula is C24H20N6O2. The molecule has 0 aliphatic carbocycles. The van der Waals surface area contributed by atoms with E-state index in [2.05, 4.69) is 20.6 Å². The van der Waals surface area contributed by atoms with Crippen molar-refractivity contribution in [2.45, 2.75) is 13.0 Å². The molecule has 2 aromatic heterocycles. The summed E-state index contributed by atoms with van der Waals surface area (Å²) in [5.41, 5.74) is 3.51. The van der Waals surface area contributed by atoms with Crippen LogP contribution in [0, 0.1) is 0 Å². The van der Waals surface area contributed by atoms with Gasteiger partial charge in [-0.3, -0.25) is 9.78 Å². The number of phenols is 1. The van der Waals surface area contributed by atoms with Crippen molar-refractivity contribution in [2.24, 2.45) is 0 Å². The lowest BCUT2D eigenvalue weighted by atomic mass is 9.95. The molecule has 158 valence electrons. The molecule has 1 atom stereocenters. The van der Waals surface area contributed by atoms with Crippen molar-refractivity contribution in [1.29, 1.82) is 0 Å². The molecule has 1 unspecified atom stereocenters. The maximum Gasteiger partial charge on any atom is 0.255 e. The summed E-state index contributed by atoms with van der Waals surface area (Å²) in [5.74, 6) is 0.959. The first-order valence-corrected chi connectivity index (χ1v) is 10.1. The van der Waals surface area contributed by atoms with E-state index in [4.69, 9.17) is 5.10 Å². The molecule has 0 fully saturated rings. The number of rotatable bonds is 4. The second-order valence-electron chi connectivity index (χ2n) is 7.42. The van der Waals surface area contributed by atoms with Gasteiger partial charge in [0.15, 0.2) is 5.82 Å². The Hall–Kier alpha value is -4.46. The van der Waals surface area contributed by atoms with Crippen molar-refractivity contribution in [2.75, 3.05) is 10.6 Å². The van der Waals surface area contributed by atoms with E-state index >= 15 is 0 Å². The number of nitrogens with one attached hydrogen (secondary N) is 2. The Balaban J connectivity index is 1.60. The minimum absolute atomic E-state index is 0.148. The highest BCUT2D eigenvalue weighted by Crippen LogP contribution is 2.37. The molecule has 1 aliphatic heterocycles. The third kappa shape index (κ3) is 3.58. The van der Waals surface area contributed by atoms with Crippen molar-refractivity contribution in [1.82, 2.24) is 19.7 Å². The van der Waals surface area contributed by atoms with Gasteiger partial charge in [-0.15, -0.1) is 5.10 Å². The van der Waals surface area contributed by atoms with E-state index in [0.29, 0.717) is 28.7 Å². The normalized spacial score (nSPS) is 15.1. The zero-order valence-corrected chi connectivity index (χ0v) is 17.2. The van der Waals surface area contributed by atoms with Gasteiger partial charge in [0, 0.05) is 29.3 Å². The molecule has 3 heterocycles. The van der Waals surface area contributed by atoms with Gasteiger partial charge in [-0.1, -0.05) is 30.3 Å². The fraction of sp³-hybridized carbons (Fsp3) is 0.0833. The molecule has 8 heteroatoms. The first-order valence-electron chi connectivity index (χ1n) is 10.1. The molecule has 2 aromatic carbocycles. The van der Waals surface area contributed by atoms with Crippen molar-refractivity contribution < 1.29 is 9.90 Å². The number of hydrogen-bond acceptors (Lipinski definition) is 6. The zero-order chi connectivity index (χ0) is 22.1. The number of benzene rings is 2. The minimum Gasteiger partial charge on any atom is -0.508 e. The number of allylic oxidation sites excluding steroid dienone is 1. The number of pyridine rings is 1. The minimum atomic E-state index is -0.529. The van der Waals surface area contributed by atoms with Gasteiger partial charge in [0.05, 0.1) is 5.57 Å². The van der Waals surface area contributed by atoms with Gasteiger partial charge >= 0.3 is 0 Å². The average Bonchev–Trinajstić information content (AvgIpc) is 3.23. The van der Waals surface area contributed by atoms with E-state index in [1.807, 2.05) is 49.4 Å². The van der Waals surface area contributed by atoms with E-state index in [9.17, 15) is 9.90 Å². The van der Waals surface area contributed by atoms with Gasteiger partial charge in [-0.2, -0.15) is 4.98 Å². The molecular weight excluding hydrogens is 404 g/mol. The molecule has 8 nitrogen and oxygen atoms in total. The van der Waals surface area contributed by atoms with E-state index in [-0.39, 0.29) is 11.7 Å². The summed E-state index contributed by atoms with van der Waals surface area (Å²) in [5, 5.41) is 20.7. The van der Waals surface area contributed by atoms with Crippen LogP contribution >= 0.6 is 0 Å². The fourth-order valence-corrected chi connectivity index (χ4v) is 3.75. The molecule has 1 aliphatic rings. The van der Waals surface area contributed by atoms with Gasteiger partial charge in [0.1, 0.15) is 11.8 Å². The summed E-state index contributed by atoms with van der Waals surface area (Å²) in [7, 11) is 0. The number of carbonyl (C=O) groups excluding carboxylic acids is 1. The lowest BCUT2D eigenvalue weighted by Crippen LogP contribution is -2.31. The zero-order valence-electron chi connectivity index (χ0n) is 17.2. The first-order chi connectivity index (χ1) is 15.6. The maximum absolute atomic E-state index is 13.4. The predicted molar refractivity (Wildman–Crippen MR) is 121 cm³/mol. The highest BCUT2D eigenvalue weighted by atomic mass is 16.3. The Morgan fingerprint density at radius 1 is 1.03 bits per heavy atom. The number of para-hydroxylation sites is 1. The van der Waals surface area contributed by atoms with Crippen molar-refractivity contribution in [3.05, 3.63) is 96.0 Å². The second kappa shape index (κ2) is 7.99. The summed E-state index contributed by atoms with van der Waals surface area (Å²) in [4.78, 5) is 22.1. The van der Waals surface area contributed by atoms with Gasteiger partial charge < -0.3 is 15.7 Å². The highest BCUT2D eigenvalue weighted by Gasteiger charge is 2.34. The average molecular weight is 424 g/mol. The number of anilines is 2. The summed E-state index contributed by atoms with van der Waals surface area (Å²) in [6.45, 7) is 1.84. The van der Waals surface area contributed by atoms with Crippen LogP contribution in [0.15, 0.2) is 90.4 Å². The number of amides is 1. The summed E-state index contributed by atoms with van der Waals surface area (Å²) >= 11 is 0. The Kier molecular flexibility index (Phi) is 4.87. The molecule has 0 spiro atoms. The van der Waals surface area contributed by atoms with Crippen LogP contribution in [0.25, 0.3) is 11.4 Å². The van der Waals surface area contributed by atoms with Crippen molar-refractivity contribution >= 4 is 17.5 Å². The summed E-state index contributed by atoms with van der Waals surface area (Å²) in [6, 6.07) is 19.2. The number of nitrogens with zero attached hydrogens (tertiary/aromatic N) is 4. The number of hydrogen-bond donors (Lipinski definition) is 3. The monoisotopic (exact) mass is 424 g/mol. The standard InChI is InChI=1S/C24H20N6O2/c1-15-20(23(32)27-18-5-3-2-4-6-18)21(16-7-9-19(31)10-8-16)30-24(26-15)28-22(29-30)17-11-13-25-14-12-17/h2-14,21,31H,1H3,(H,27,32)(H,26,28,29). The van der Waals surface area contributed by atoms with Gasteiger partial charge in [0.25, 0.3) is 5.91 Å². The molecule has 0 bridgehead atoms. The predicted octanol–water partition coefficient (Wildman–Crippen LogP) is 3.97. The third-order valence-corrected chi connectivity index (χ3v) is 5.28. The van der Waals surface area contributed by atoms with Gasteiger partial charge in [-0.05, 0) is 48.9 Å². The van der Waals surface area contributed by atoms with E-state index in [0.717, 1.165) is 11.1 Å². The molecule has 0 radical (unpaired) electrons. The largest absolute Gasteiger partial charge is 0.508 e. The lowest BCUT2D eigenvalue weighted by molar-refractivity contribution is -0.113. The van der Waals surface area contributed by atoms with Gasteiger partial charge in [0.2, 0.25) is 5.95 Å². The Morgan fingerprint density at radius 3 is 2.47 bits per heavy atom. The highest BCUT2D eigenvalue weighted by molar-refractivity contribution is 6.06. The number of aromatic nitrogens is 4. The summed E-state index contributed by atoms with van der Waals surface area (Å²) < 4.78 is 1.70.